The molecule has 0 aliphatic heterocycles. The molecule has 0 amide bonds. The first-order valence-electron chi connectivity index (χ1n) is 6.86. The van der Waals surface area contributed by atoms with Crippen LogP contribution in [0, 0.1) is 0 Å². The second-order valence-electron chi connectivity index (χ2n) is 5.17. The summed E-state index contributed by atoms with van der Waals surface area (Å²) >= 11 is 0. The van der Waals surface area contributed by atoms with Crippen molar-refractivity contribution >= 4 is 0 Å². The number of hydrogen-bond donors (Lipinski definition) is 1. The lowest BCUT2D eigenvalue weighted by atomic mass is 9.88. The van der Waals surface area contributed by atoms with Crippen LogP contribution in [0.5, 0.6) is 5.75 Å². The van der Waals surface area contributed by atoms with E-state index in [1.807, 2.05) is 18.2 Å². The van der Waals surface area contributed by atoms with Crippen molar-refractivity contribution in [2.45, 2.75) is 31.9 Å². The molecule has 1 aliphatic carbocycles. The smallest absolute Gasteiger partial charge is 0.123 e. The molecule has 0 aromatic heterocycles. The molecule has 0 saturated heterocycles. The Labute approximate surface area is 114 Å². The van der Waals surface area contributed by atoms with Crippen molar-refractivity contribution < 1.29 is 4.74 Å². The maximum absolute atomic E-state index is 6.02. The molecule has 0 fully saturated rings. The molecule has 0 radical (unpaired) electrons. The lowest BCUT2D eigenvalue weighted by Gasteiger charge is -2.23. The minimum Gasteiger partial charge on any atom is -0.489 e. The highest BCUT2D eigenvalue weighted by Crippen LogP contribution is 2.29. The number of fused-ring (bicyclic) bond motifs is 1. The minimum atomic E-state index is 0.303. The second-order valence-corrected chi connectivity index (χ2v) is 5.17. The molecule has 2 aromatic rings. The zero-order valence-corrected chi connectivity index (χ0v) is 11.0. The van der Waals surface area contributed by atoms with Crippen molar-refractivity contribution in [3.8, 4) is 5.75 Å². The van der Waals surface area contributed by atoms with Gasteiger partial charge in [0.05, 0.1) is 0 Å². The zero-order chi connectivity index (χ0) is 13.1. The van der Waals surface area contributed by atoms with Crippen LogP contribution in [0.4, 0.5) is 0 Å². The summed E-state index contributed by atoms with van der Waals surface area (Å²) in [6, 6.07) is 16.9. The van der Waals surface area contributed by atoms with Crippen LogP contribution < -0.4 is 10.5 Å². The predicted molar refractivity (Wildman–Crippen MR) is 77.2 cm³/mol. The maximum atomic E-state index is 6.02. The van der Waals surface area contributed by atoms with Gasteiger partial charge in [-0.1, -0.05) is 42.5 Å². The summed E-state index contributed by atoms with van der Waals surface area (Å²) in [5, 5.41) is 0. The number of nitrogens with two attached hydrogens (primary N) is 1. The molecular weight excluding hydrogens is 234 g/mol. The first kappa shape index (κ1) is 12.2. The van der Waals surface area contributed by atoms with E-state index in [9.17, 15) is 0 Å². The van der Waals surface area contributed by atoms with Gasteiger partial charge in [0.15, 0.2) is 0 Å². The normalized spacial score (nSPS) is 17.8. The quantitative estimate of drug-likeness (QED) is 0.912. The van der Waals surface area contributed by atoms with Gasteiger partial charge in [0.25, 0.3) is 0 Å². The van der Waals surface area contributed by atoms with E-state index in [2.05, 4.69) is 30.3 Å². The Kier molecular flexibility index (Phi) is 3.51. The van der Waals surface area contributed by atoms with Crippen LogP contribution in [0.25, 0.3) is 0 Å². The van der Waals surface area contributed by atoms with E-state index in [1.54, 1.807) is 0 Å². The summed E-state index contributed by atoms with van der Waals surface area (Å²) in [4.78, 5) is 0. The van der Waals surface area contributed by atoms with Crippen molar-refractivity contribution in [1.82, 2.24) is 0 Å². The van der Waals surface area contributed by atoms with E-state index in [1.165, 1.54) is 16.7 Å². The first-order chi connectivity index (χ1) is 9.33. The van der Waals surface area contributed by atoms with Crippen molar-refractivity contribution in [3.05, 3.63) is 65.2 Å². The highest BCUT2D eigenvalue weighted by atomic mass is 16.5. The number of ether oxygens (including phenoxy) is 1. The predicted octanol–water partition coefficient (Wildman–Crippen LogP) is 3.08. The van der Waals surface area contributed by atoms with E-state index in [0.29, 0.717) is 12.6 Å². The van der Waals surface area contributed by atoms with E-state index >= 15 is 0 Å². The molecule has 2 nitrogen and oxygen atoms in total. The minimum absolute atomic E-state index is 0.303. The Morgan fingerprint density at radius 1 is 1.05 bits per heavy atom. The largest absolute Gasteiger partial charge is 0.489 e. The highest BCUT2D eigenvalue weighted by molar-refractivity contribution is 5.42. The molecule has 0 unspecified atom stereocenters. The summed E-state index contributed by atoms with van der Waals surface area (Å²) in [7, 11) is 0. The summed E-state index contributed by atoms with van der Waals surface area (Å²) in [5.41, 5.74) is 9.92. The third-order valence-electron chi connectivity index (χ3n) is 3.71. The van der Waals surface area contributed by atoms with Gasteiger partial charge >= 0.3 is 0 Å². The Morgan fingerprint density at radius 2 is 1.89 bits per heavy atom. The summed E-state index contributed by atoms with van der Waals surface area (Å²) in [5.74, 6) is 1.02. The van der Waals surface area contributed by atoms with E-state index in [-0.39, 0.29) is 0 Å². The van der Waals surface area contributed by atoms with Gasteiger partial charge in [-0.25, -0.2) is 0 Å². The molecule has 2 heteroatoms. The fraction of sp³-hybridized carbons (Fsp3) is 0.294. The van der Waals surface area contributed by atoms with Gasteiger partial charge in [0.2, 0.25) is 0 Å². The number of rotatable bonds is 3. The van der Waals surface area contributed by atoms with Crippen molar-refractivity contribution in [2.75, 3.05) is 0 Å². The SMILES string of the molecule is N[C@H]1CCc2c(cccc2OCc2ccccc2)C1. The van der Waals surface area contributed by atoms with E-state index in [0.717, 1.165) is 25.0 Å². The molecule has 98 valence electrons. The summed E-state index contributed by atoms with van der Waals surface area (Å²) < 4.78 is 5.98. The molecule has 19 heavy (non-hydrogen) atoms. The summed E-state index contributed by atoms with van der Waals surface area (Å²) in [6.07, 6.45) is 3.05. The lowest BCUT2D eigenvalue weighted by Crippen LogP contribution is -2.28. The number of benzene rings is 2. The van der Waals surface area contributed by atoms with Gasteiger partial charge in [-0.05, 0) is 42.0 Å². The molecule has 3 rings (SSSR count). The highest BCUT2D eigenvalue weighted by Gasteiger charge is 2.18. The number of hydrogen-bond acceptors (Lipinski definition) is 2. The zero-order valence-electron chi connectivity index (χ0n) is 11.0. The lowest BCUT2D eigenvalue weighted by molar-refractivity contribution is 0.301. The standard InChI is InChI=1S/C17H19NO/c18-15-9-10-16-14(11-15)7-4-8-17(16)19-12-13-5-2-1-3-6-13/h1-8,15H,9-12,18H2/t15-/m0/s1. The molecule has 0 saturated carbocycles. The Bertz CT molecular complexity index is 550. The molecule has 0 bridgehead atoms. The van der Waals surface area contributed by atoms with Gasteiger partial charge in [-0.2, -0.15) is 0 Å². The monoisotopic (exact) mass is 253 g/mol. The Hall–Kier alpha value is -1.80. The fourth-order valence-electron chi connectivity index (χ4n) is 2.67. The van der Waals surface area contributed by atoms with Gasteiger partial charge in [0.1, 0.15) is 12.4 Å². The van der Waals surface area contributed by atoms with Crippen LogP contribution >= 0.6 is 0 Å². The molecular formula is C17H19NO. The van der Waals surface area contributed by atoms with Gasteiger partial charge in [0, 0.05) is 6.04 Å². The van der Waals surface area contributed by atoms with Gasteiger partial charge < -0.3 is 10.5 Å². The average Bonchev–Trinajstić information content (AvgIpc) is 2.45. The van der Waals surface area contributed by atoms with Crippen LogP contribution in [-0.4, -0.2) is 6.04 Å². The average molecular weight is 253 g/mol. The van der Waals surface area contributed by atoms with Crippen LogP contribution in [0.1, 0.15) is 23.1 Å². The first-order valence-corrected chi connectivity index (χ1v) is 6.86. The fourth-order valence-corrected chi connectivity index (χ4v) is 2.67. The van der Waals surface area contributed by atoms with Crippen LogP contribution in [-0.2, 0) is 19.4 Å². The van der Waals surface area contributed by atoms with Crippen LogP contribution in [0.2, 0.25) is 0 Å². The molecule has 2 N–H and O–H groups in total. The van der Waals surface area contributed by atoms with Crippen LogP contribution in [0.3, 0.4) is 0 Å². The summed E-state index contributed by atoms with van der Waals surface area (Å²) in [6.45, 7) is 0.628. The Balaban J connectivity index is 1.77. The molecule has 0 heterocycles. The van der Waals surface area contributed by atoms with Crippen molar-refractivity contribution in [3.63, 3.8) is 0 Å². The third kappa shape index (κ3) is 2.79. The second kappa shape index (κ2) is 5.45. The molecule has 2 aromatic carbocycles. The molecule has 0 spiro atoms. The van der Waals surface area contributed by atoms with Gasteiger partial charge in [-0.15, -0.1) is 0 Å². The van der Waals surface area contributed by atoms with Crippen molar-refractivity contribution in [1.29, 1.82) is 0 Å². The van der Waals surface area contributed by atoms with Crippen LogP contribution in [0.15, 0.2) is 48.5 Å². The van der Waals surface area contributed by atoms with Crippen molar-refractivity contribution in [2.24, 2.45) is 5.73 Å². The van der Waals surface area contributed by atoms with E-state index < -0.39 is 0 Å². The molecule has 1 atom stereocenters. The maximum Gasteiger partial charge on any atom is 0.123 e. The van der Waals surface area contributed by atoms with E-state index in [4.69, 9.17) is 10.5 Å². The third-order valence-corrected chi connectivity index (χ3v) is 3.71. The van der Waals surface area contributed by atoms with Gasteiger partial charge in [-0.3, -0.25) is 0 Å². The molecule has 1 aliphatic rings. The topological polar surface area (TPSA) is 35.2 Å². The Morgan fingerprint density at radius 3 is 2.74 bits per heavy atom.